The number of nitrogens with one attached hydrogen (secondary N) is 1. The highest BCUT2D eigenvalue weighted by Gasteiger charge is 2.28. The molecule has 0 radical (unpaired) electrons. The van der Waals surface area contributed by atoms with Crippen molar-refractivity contribution in [2.75, 3.05) is 20.2 Å². The smallest absolute Gasteiger partial charge is 0.323 e. The summed E-state index contributed by atoms with van der Waals surface area (Å²) in [5, 5.41) is 21.5. The molecule has 3 N–H and O–H groups in total. The van der Waals surface area contributed by atoms with E-state index in [9.17, 15) is 9.90 Å². The van der Waals surface area contributed by atoms with E-state index in [1.165, 1.54) is 7.05 Å². The number of hydrogen-bond donors (Lipinski definition) is 3. The van der Waals surface area contributed by atoms with Crippen molar-refractivity contribution in [3.05, 3.63) is 0 Å². The third-order valence-electron chi connectivity index (χ3n) is 3.20. The number of carboxylic acid groups (broad SMARTS) is 1. The zero-order valence-electron chi connectivity index (χ0n) is 10.9. The number of aliphatic carboxylic acids is 1. The molecule has 0 aliphatic carbocycles. The van der Waals surface area contributed by atoms with Gasteiger partial charge in [-0.15, -0.1) is 0 Å². The normalized spacial score (nSPS) is 19.8. The van der Waals surface area contributed by atoms with Gasteiger partial charge in [0.05, 0.1) is 12.6 Å². The van der Waals surface area contributed by atoms with Crippen molar-refractivity contribution in [3.63, 3.8) is 0 Å². The van der Waals surface area contributed by atoms with Crippen molar-refractivity contribution in [2.45, 2.75) is 38.3 Å². The minimum absolute atomic E-state index is 0.0828. The fourth-order valence-corrected chi connectivity index (χ4v) is 2.05. The highest BCUT2D eigenvalue weighted by atomic mass is 16.5. The van der Waals surface area contributed by atoms with Crippen LogP contribution in [0.1, 0.15) is 26.2 Å². The minimum Gasteiger partial charge on any atom is -0.480 e. The molecule has 1 heterocycles. The molecule has 0 aromatic rings. The molecule has 3 unspecified atom stereocenters. The lowest BCUT2D eigenvalue weighted by molar-refractivity contribution is -0.143. The fourth-order valence-electron chi connectivity index (χ4n) is 2.05. The molecule has 6 heteroatoms. The molecule has 104 valence electrons. The number of aliphatic hydroxyl groups is 1. The molecular formula is C12H22N2O4. The van der Waals surface area contributed by atoms with E-state index >= 15 is 0 Å². The lowest BCUT2D eigenvalue weighted by Gasteiger charge is -2.24. The third-order valence-corrected chi connectivity index (χ3v) is 3.20. The molecular weight excluding hydrogens is 236 g/mol. The third kappa shape index (κ3) is 4.27. The Morgan fingerprint density at radius 2 is 2.33 bits per heavy atom. The number of carboxylic acids is 1. The van der Waals surface area contributed by atoms with Crippen molar-refractivity contribution >= 4 is 11.9 Å². The van der Waals surface area contributed by atoms with Gasteiger partial charge in [0.25, 0.3) is 0 Å². The van der Waals surface area contributed by atoms with Crippen molar-refractivity contribution in [2.24, 2.45) is 10.9 Å². The van der Waals surface area contributed by atoms with Gasteiger partial charge >= 0.3 is 5.97 Å². The maximum absolute atomic E-state index is 10.9. The van der Waals surface area contributed by atoms with Crippen LogP contribution in [0.15, 0.2) is 4.99 Å². The minimum atomic E-state index is -1.03. The van der Waals surface area contributed by atoms with Crippen LogP contribution in [-0.2, 0) is 9.53 Å². The van der Waals surface area contributed by atoms with Crippen molar-refractivity contribution < 1.29 is 19.7 Å². The Bertz CT molecular complexity index is 306. The van der Waals surface area contributed by atoms with Gasteiger partial charge in [0.15, 0.2) is 5.90 Å². The summed E-state index contributed by atoms with van der Waals surface area (Å²) in [7, 11) is 1.54. The Morgan fingerprint density at radius 1 is 1.61 bits per heavy atom. The Kier molecular flexibility index (Phi) is 6.07. The first-order chi connectivity index (χ1) is 8.56. The zero-order chi connectivity index (χ0) is 13.5. The summed E-state index contributed by atoms with van der Waals surface area (Å²) in [5.74, 6) is -0.332. The van der Waals surface area contributed by atoms with Crippen LogP contribution in [0.5, 0.6) is 0 Å². The molecule has 1 aliphatic heterocycles. The van der Waals surface area contributed by atoms with Crippen LogP contribution in [0.3, 0.4) is 0 Å². The van der Waals surface area contributed by atoms with Gasteiger partial charge in [-0.05, 0) is 25.8 Å². The molecule has 0 aromatic heterocycles. The van der Waals surface area contributed by atoms with Crippen LogP contribution >= 0.6 is 0 Å². The average Bonchev–Trinajstić information content (AvgIpc) is 2.82. The number of aliphatic imine (C=N–C) groups is 1. The van der Waals surface area contributed by atoms with Crippen LogP contribution in [0.25, 0.3) is 0 Å². The fraction of sp³-hybridized carbons (Fsp3) is 0.833. The summed E-state index contributed by atoms with van der Waals surface area (Å²) in [6.07, 6.45) is 1.45. The first kappa shape index (κ1) is 14.9. The van der Waals surface area contributed by atoms with E-state index in [0.717, 1.165) is 31.7 Å². The van der Waals surface area contributed by atoms with Crippen molar-refractivity contribution in [1.29, 1.82) is 0 Å². The number of aliphatic hydroxyl groups excluding tert-OH is 1. The van der Waals surface area contributed by atoms with E-state index in [4.69, 9.17) is 9.84 Å². The number of hydrogen-bond acceptors (Lipinski definition) is 5. The summed E-state index contributed by atoms with van der Waals surface area (Å²) >= 11 is 0. The van der Waals surface area contributed by atoms with Gasteiger partial charge in [0.1, 0.15) is 12.6 Å². The second-order valence-corrected chi connectivity index (χ2v) is 4.59. The van der Waals surface area contributed by atoms with Crippen LogP contribution in [0, 0.1) is 5.92 Å². The molecule has 0 fully saturated rings. The largest absolute Gasteiger partial charge is 0.480 e. The van der Waals surface area contributed by atoms with E-state index < -0.39 is 18.1 Å². The first-order valence-corrected chi connectivity index (χ1v) is 6.30. The summed E-state index contributed by atoms with van der Waals surface area (Å²) in [4.78, 5) is 15.1. The first-order valence-electron chi connectivity index (χ1n) is 6.30. The standard InChI is InChI=1S/C12H22N2O4/c1-8(11(15)10(13-2)12(16)17)4-3-5-9-14-6-7-18-9/h8,10-11,13,15H,3-7H2,1-2H3,(H,16,17). The predicted molar refractivity (Wildman–Crippen MR) is 67.8 cm³/mol. The molecule has 6 nitrogen and oxygen atoms in total. The molecule has 1 aliphatic rings. The Morgan fingerprint density at radius 3 is 2.83 bits per heavy atom. The quantitative estimate of drug-likeness (QED) is 0.580. The SMILES string of the molecule is CNC(C(=O)O)C(O)C(C)CCCC1=NCCO1. The van der Waals surface area contributed by atoms with Gasteiger partial charge in [-0.1, -0.05) is 6.92 Å². The summed E-state index contributed by atoms with van der Waals surface area (Å²) in [5.41, 5.74) is 0. The molecule has 0 amide bonds. The predicted octanol–water partition coefficient (Wildman–Crippen LogP) is 0.255. The molecule has 0 aromatic carbocycles. The maximum Gasteiger partial charge on any atom is 0.323 e. The average molecular weight is 258 g/mol. The topological polar surface area (TPSA) is 91.2 Å². The van der Waals surface area contributed by atoms with Gasteiger partial charge in [0, 0.05) is 6.42 Å². The zero-order valence-corrected chi connectivity index (χ0v) is 10.9. The van der Waals surface area contributed by atoms with E-state index in [1.807, 2.05) is 6.92 Å². The van der Waals surface area contributed by atoms with Gasteiger partial charge in [-0.2, -0.15) is 0 Å². The highest BCUT2D eigenvalue weighted by Crippen LogP contribution is 2.16. The second-order valence-electron chi connectivity index (χ2n) is 4.59. The maximum atomic E-state index is 10.9. The van der Waals surface area contributed by atoms with Crippen LogP contribution in [0.2, 0.25) is 0 Å². The number of carbonyl (C=O) groups is 1. The molecule has 1 rings (SSSR count). The number of rotatable bonds is 8. The molecule has 18 heavy (non-hydrogen) atoms. The number of nitrogens with zero attached hydrogens (tertiary/aromatic N) is 1. The van der Waals surface area contributed by atoms with Crippen molar-refractivity contribution in [3.8, 4) is 0 Å². The van der Waals surface area contributed by atoms with E-state index in [2.05, 4.69) is 10.3 Å². The van der Waals surface area contributed by atoms with E-state index in [1.54, 1.807) is 0 Å². The lowest BCUT2D eigenvalue weighted by atomic mass is 9.93. The van der Waals surface area contributed by atoms with Gasteiger partial charge < -0.3 is 20.3 Å². The van der Waals surface area contributed by atoms with Crippen molar-refractivity contribution in [1.82, 2.24) is 5.32 Å². The molecule has 0 saturated carbocycles. The Hall–Kier alpha value is -1.14. The van der Waals surface area contributed by atoms with Gasteiger partial charge in [0.2, 0.25) is 0 Å². The molecule has 0 bridgehead atoms. The second kappa shape index (κ2) is 7.33. The highest BCUT2D eigenvalue weighted by molar-refractivity contribution is 5.77. The Labute approximate surface area is 107 Å². The lowest BCUT2D eigenvalue weighted by Crippen LogP contribution is -2.47. The number of ether oxygens (including phenoxy) is 1. The van der Waals surface area contributed by atoms with Crippen LogP contribution < -0.4 is 5.32 Å². The Balaban J connectivity index is 2.30. The van der Waals surface area contributed by atoms with E-state index in [0.29, 0.717) is 6.61 Å². The molecule has 0 saturated heterocycles. The molecule has 3 atom stereocenters. The number of likely N-dealkylation sites (N-methyl/N-ethyl adjacent to an activating group) is 1. The van der Waals surface area contributed by atoms with E-state index in [-0.39, 0.29) is 5.92 Å². The van der Waals surface area contributed by atoms with Crippen LogP contribution in [-0.4, -0.2) is 54.4 Å². The van der Waals surface area contributed by atoms with Gasteiger partial charge in [-0.3, -0.25) is 9.79 Å². The molecule has 0 spiro atoms. The monoisotopic (exact) mass is 258 g/mol. The summed E-state index contributed by atoms with van der Waals surface area (Å²) in [6.45, 7) is 3.25. The summed E-state index contributed by atoms with van der Waals surface area (Å²) < 4.78 is 5.28. The van der Waals surface area contributed by atoms with Crippen LogP contribution in [0.4, 0.5) is 0 Å². The van der Waals surface area contributed by atoms with Gasteiger partial charge in [-0.25, -0.2) is 0 Å². The summed E-state index contributed by atoms with van der Waals surface area (Å²) in [6, 6.07) is -0.917.